The van der Waals surface area contributed by atoms with Crippen LogP contribution in [0.2, 0.25) is 0 Å². The Balaban J connectivity index is 1.45. The van der Waals surface area contributed by atoms with Gasteiger partial charge in [0.2, 0.25) is 5.89 Å². The summed E-state index contributed by atoms with van der Waals surface area (Å²) in [6, 6.07) is 14.8. The van der Waals surface area contributed by atoms with Crippen molar-refractivity contribution in [1.82, 2.24) is 9.88 Å². The van der Waals surface area contributed by atoms with E-state index in [1.807, 2.05) is 30.3 Å². The van der Waals surface area contributed by atoms with Crippen LogP contribution in [0.3, 0.4) is 0 Å². The van der Waals surface area contributed by atoms with Crippen LogP contribution in [0.15, 0.2) is 59.0 Å². The van der Waals surface area contributed by atoms with Crippen molar-refractivity contribution in [3.05, 3.63) is 77.2 Å². The normalized spacial score (nSPS) is 14.1. The molecule has 0 aliphatic carbocycles. The zero-order valence-electron chi connectivity index (χ0n) is 15.9. The van der Waals surface area contributed by atoms with Crippen molar-refractivity contribution in [3.8, 4) is 11.5 Å². The number of oxazole rings is 1. The molecule has 0 N–H and O–H groups in total. The van der Waals surface area contributed by atoms with Crippen molar-refractivity contribution >= 4 is 17.8 Å². The highest BCUT2D eigenvalue weighted by Gasteiger charge is 2.41. The molecule has 3 aromatic rings. The van der Waals surface area contributed by atoms with Crippen LogP contribution in [-0.2, 0) is 16.1 Å². The summed E-state index contributed by atoms with van der Waals surface area (Å²) in [5.74, 6) is -0.728. The summed E-state index contributed by atoms with van der Waals surface area (Å²) in [5, 5.41) is 0. The highest BCUT2D eigenvalue weighted by molar-refractivity contribution is 6.22. The summed E-state index contributed by atoms with van der Waals surface area (Å²) in [6.07, 6.45) is 0. The summed E-state index contributed by atoms with van der Waals surface area (Å²) < 4.78 is 11.0. The molecule has 29 heavy (non-hydrogen) atoms. The molecule has 1 aliphatic heterocycles. The van der Waals surface area contributed by atoms with Crippen LogP contribution in [0.25, 0.3) is 11.5 Å². The Morgan fingerprint density at radius 1 is 1.03 bits per heavy atom. The molecular formula is C22H18N2O5. The summed E-state index contributed by atoms with van der Waals surface area (Å²) in [4.78, 5) is 42.8. The van der Waals surface area contributed by atoms with Crippen molar-refractivity contribution < 1.29 is 23.5 Å². The number of amides is 2. The Morgan fingerprint density at radius 2 is 1.62 bits per heavy atom. The molecule has 1 atom stereocenters. The molecule has 7 heteroatoms. The topological polar surface area (TPSA) is 89.7 Å². The minimum Gasteiger partial charge on any atom is -0.457 e. The molecule has 2 amide bonds. The molecule has 4 rings (SSSR count). The van der Waals surface area contributed by atoms with Gasteiger partial charge in [-0.05, 0) is 38.1 Å². The van der Waals surface area contributed by atoms with Gasteiger partial charge in [-0.15, -0.1) is 0 Å². The molecule has 0 saturated heterocycles. The maximum Gasteiger partial charge on any atom is 0.329 e. The van der Waals surface area contributed by atoms with E-state index in [1.54, 1.807) is 31.2 Å². The van der Waals surface area contributed by atoms with E-state index in [4.69, 9.17) is 9.15 Å². The maximum atomic E-state index is 12.5. The summed E-state index contributed by atoms with van der Waals surface area (Å²) in [6.45, 7) is 3.08. The van der Waals surface area contributed by atoms with Crippen LogP contribution in [0.5, 0.6) is 0 Å². The molecule has 0 spiro atoms. The largest absolute Gasteiger partial charge is 0.457 e. The zero-order valence-corrected chi connectivity index (χ0v) is 15.9. The van der Waals surface area contributed by atoms with E-state index in [2.05, 4.69) is 4.98 Å². The number of carbonyl (C=O) groups is 3. The number of aryl methyl sites for hydroxylation is 1. The van der Waals surface area contributed by atoms with Gasteiger partial charge in [0.15, 0.2) is 0 Å². The first-order valence-corrected chi connectivity index (χ1v) is 9.12. The molecule has 146 valence electrons. The van der Waals surface area contributed by atoms with Crippen LogP contribution >= 0.6 is 0 Å². The predicted octanol–water partition coefficient (Wildman–Crippen LogP) is 3.38. The number of ether oxygens (including phenoxy) is 1. The number of nitrogens with zero attached hydrogens (tertiary/aromatic N) is 2. The minimum atomic E-state index is -1.05. The zero-order chi connectivity index (χ0) is 20.5. The van der Waals surface area contributed by atoms with Gasteiger partial charge < -0.3 is 9.15 Å². The molecule has 0 radical (unpaired) electrons. The SMILES string of the molecule is Cc1oc(-c2ccccc2)nc1COC(=O)[C@@H](C)N1C(=O)c2ccccc2C1=O. The van der Waals surface area contributed by atoms with Crippen molar-refractivity contribution in [3.63, 3.8) is 0 Å². The van der Waals surface area contributed by atoms with Gasteiger partial charge in [0.25, 0.3) is 11.8 Å². The summed E-state index contributed by atoms with van der Waals surface area (Å²) in [7, 11) is 0. The number of fused-ring (bicyclic) bond motifs is 1. The summed E-state index contributed by atoms with van der Waals surface area (Å²) >= 11 is 0. The Morgan fingerprint density at radius 3 is 2.24 bits per heavy atom. The molecule has 2 aromatic carbocycles. The monoisotopic (exact) mass is 390 g/mol. The maximum absolute atomic E-state index is 12.5. The first kappa shape index (κ1) is 18.6. The van der Waals surface area contributed by atoms with E-state index in [0.717, 1.165) is 10.5 Å². The molecule has 0 unspecified atom stereocenters. The predicted molar refractivity (Wildman–Crippen MR) is 103 cm³/mol. The molecule has 2 heterocycles. The number of carbonyl (C=O) groups excluding carboxylic acids is 3. The lowest BCUT2D eigenvalue weighted by Crippen LogP contribution is -2.43. The van der Waals surface area contributed by atoms with Crippen molar-refractivity contribution in [2.24, 2.45) is 0 Å². The standard InChI is InChI=1S/C22H18N2O5/c1-13(24-20(25)16-10-6-7-11-17(16)21(24)26)22(27)28-12-18-14(2)29-19(23-18)15-8-4-3-5-9-15/h3-11,13H,12H2,1-2H3/t13-/m1/s1. The number of esters is 1. The molecule has 7 nitrogen and oxygen atoms in total. The van der Waals surface area contributed by atoms with Gasteiger partial charge in [-0.2, -0.15) is 0 Å². The van der Waals surface area contributed by atoms with Gasteiger partial charge >= 0.3 is 5.97 Å². The summed E-state index contributed by atoms with van der Waals surface area (Å²) in [5.41, 5.74) is 1.87. The van der Waals surface area contributed by atoms with Crippen molar-refractivity contribution in [1.29, 1.82) is 0 Å². The third kappa shape index (κ3) is 3.31. The second-order valence-electron chi connectivity index (χ2n) is 6.70. The third-order valence-electron chi connectivity index (χ3n) is 4.82. The van der Waals surface area contributed by atoms with E-state index in [9.17, 15) is 14.4 Å². The average molecular weight is 390 g/mol. The van der Waals surface area contributed by atoms with Gasteiger partial charge in [0, 0.05) is 5.56 Å². The Bertz CT molecular complexity index is 1070. The van der Waals surface area contributed by atoms with E-state index >= 15 is 0 Å². The fourth-order valence-electron chi connectivity index (χ4n) is 3.19. The lowest BCUT2D eigenvalue weighted by molar-refractivity contribution is -0.149. The number of aromatic nitrogens is 1. The lowest BCUT2D eigenvalue weighted by atomic mass is 10.1. The molecule has 1 aliphatic rings. The third-order valence-corrected chi connectivity index (χ3v) is 4.82. The highest BCUT2D eigenvalue weighted by atomic mass is 16.5. The Kier molecular flexibility index (Phi) is 4.72. The number of rotatable bonds is 5. The fraction of sp³-hybridized carbons (Fsp3) is 0.182. The highest BCUT2D eigenvalue weighted by Crippen LogP contribution is 2.25. The Hall–Kier alpha value is -3.74. The van der Waals surface area contributed by atoms with Crippen LogP contribution in [0.4, 0.5) is 0 Å². The molecule has 0 bridgehead atoms. The van der Waals surface area contributed by atoms with Gasteiger partial charge in [0.1, 0.15) is 24.1 Å². The second-order valence-corrected chi connectivity index (χ2v) is 6.70. The van der Waals surface area contributed by atoms with Crippen LogP contribution in [-0.4, -0.2) is 33.7 Å². The fourth-order valence-corrected chi connectivity index (χ4v) is 3.19. The smallest absolute Gasteiger partial charge is 0.329 e. The quantitative estimate of drug-likeness (QED) is 0.490. The first-order chi connectivity index (χ1) is 14.0. The molecule has 0 saturated carbocycles. The van der Waals surface area contributed by atoms with Crippen molar-refractivity contribution in [2.45, 2.75) is 26.5 Å². The van der Waals surface area contributed by atoms with Crippen LogP contribution in [0, 0.1) is 6.92 Å². The molecule has 1 aromatic heterocycles. The number of benzene rings is 2. The van der Waals surface area contributed by atoms with E-state index in [-0.39, 0.29) is 17.7 Å². The Labute approximate surface area is 166 Å². The van der Waals surface area contributed by atoms with Crippen molar-refractivity contribution in [2.75, 3.05) is 0 Å². The average Bonchev–Trinajstić information content (AvgIpc) is 3.24. The first-order valence-electron chi connectivity index (χ1n) is 9.12. The molecular weight excluding hydrogens is 372 g/mol. The number of hydrogen-bond donors (Lipinski definition) is 0. The molecule has 0 fully saturated rings. The van der Waals surface area contributed by atoms with E-state index in [1.165, 1.54) is 6.92 Å². The van der Waals surface area contributed by atoms with Gasteiger partial charge in [-0.1, -0.05) is 30.3 Å². The minimum absolute atomic E-state index is 0.117. The second kappa shape index (κ2) is 7.35. The van der Waals surface area contributed by atoms with Gasteiger partial charge in [0.05, 0.1) is 11.1 Å². The number of hydrogen-bond acceptors (Lipinski definition) is 6. The van der Waals surface area contributed by atoms with E-state index in [0.29, 0.717) is 17.3 Å². The van der Waals surface area contributed by atoms with E-state index < -0.39 is 23.8 Å². The van der Waals surface area contributed by atoms with Gasteiger partial charge in [-0.25, -0.2) is 9.78 Å². The van der Waals surface area contributed by atoms with Crippen LogP contribution in [0.1, 0.15) is 39.1 Å². The lowest BCUT2D eigenvalue weighted by Gasteiger charge is -2.20. The number of imide groups is 1. The van der Waals surface area contributed by atoms with Crippen LogP contribution < -0.4 is 0 Å². The van der Waals surface area contributed by atoms with Gasteiger partial charge in [-0.3, -0.25) is 14.5 Å².